The number of nitrogens with zero attached hydrogens (tertiary/aromatic N) is 3. The summed E-state index contributed by atoms with van der Waals surface area (Å²) in [7, 11) is 0. The number of ketones is 1. The maximum atomic E-state index is 14.2. The lowest BCUT2D eigenvalue weighted by atomic mass is 9.76. The third-order valence-electron chi connectivity index (χ3n) is 8.40. The molecule has 4 atom stereocenters. The highest BCUT2D eigenvalue weighted by molar-refractivity contribution is 6.05. The zero-order valence-corrected chi connectivity index (χ0v) is 24.8. The highest BCUT2D eigenvalue weighted by Gasteiger charge is 2.41. The number of carbonyl (C=O) groups excluding carboxylic acids is 2. The van der Waals surface area contributed by atoms with E-state index >= 15 is 0 Å². The van der Waals surface area contributed by atoms with Gasteiger partial charge in [-0.3, -0.25) is 9.59 Å². The molecule has 4 heterocycles. The van der Waals surface area contributed by atoms with Crippen LogP contribution in [0.3, 0.4) is 0 Å². The van der Waals surface area contributed by atoms with Crippen molar-refractivity contribution < 1.29 is 29.0 Å². The number of aliphatic carboxylic acids is 1. The largest absolute Gasteiger partial charge is 0.481 e. The SMILES string of the molecule is CCNC(=O)Nc1ccc(-c2nc(N3CC4CCC(C3)O4)nc3c2C(=O)C(C)C(CCCC(=O)O)CC(C)(C)O3)cc1. The van der Waals surface area contributed by atoms with Gasteiger partial charge in [0.2, 0.25) is 11.8 Å². The van der Waals surface area contributed by atoms with Crippen LogP contribution in [0.15, 0.2) is 24.3 Å². The third-order valence-corrected chi connectivity index (χ3v) is 8.40. The van der Waals surface area contributed by atoms with Crippen molar-refractivity contribution in [2.24, 2.45) is 11.8 Å². The Morgan fingerprint density at radius 1 is 1.12 bits per heavy atom. The van der Waals surface area contributed by atoms with Crippen LogP contribution >= 0.6 is 0 Å². The molecule has 2 saturated heterocycles. The van der Waals surface area contributed by atoms with Gasteiger partial charge in [-0.1, -0.05) is 19.1 Å². The molecule has 42 heavy (non-hydrogen) atoms. The van der Waals surface area contributed by atoms with Gasteiger partial charge in [-0.2, -0.15) is 4.98 Å². The fourth-order valence-corrected chi connectivity index (χ4v) is 6.32. The molecule has 1 aromatic heterocycles. The van der Waals surface area contributed by atoms with Gasteiger partial charge in [0, 0.05) is 43.2 Å². The van der Waals surface area contributed by atoms with Crippen molar-refractivity contribution >= 4 is 29.4 Å². The minimum Gasteiger partial charge on any atom is -0.481 e. The smallest absolute Gasteiger partial charge is 0.319 e. The average Bonchev–Trinajstić information content (AvgIpc) is 3.27. The Hall–Kier alpha value is -3.73. The lowest BCUT2D eigenvalue weighted by molar-refractivity contribution is -0.137. The molecule has 2 amide bonds. The number of nitrogens with one attached hydrogen (secondary N) is 2. The Bertz CT molecular complexity index is 1320. The predicted octanol–water partition coefficient (Wildman–Crippen LogP) is 4.90. The Kier molecular flexibility index (Phi) is 8.68. The molecule has 0 spiro atoms. The quantitative estimate of drug-likeness (QED) is 0.398. The molecule has 226 valence electrons. The van der Waals surface area contributed by atoms with Gasteiger partial charge in [-0.15, -0.1) is 0 Å². The zero-order chi connectivity index (χ0) is 30.0. The molecule has 2 aromatic rings. The molecule has 0 radical (unpaired) electrons. The summed E-state index contributed by atoms with van der Waals surface area (Å²) in [6.07, 6.45) is 4.00. The maximum absolute atomic E-state index is 14.2. The highest BCUT2D eigenvalue weighted by atomic mass is 16.5. The van der Waals surface area contributed by atoms with Crippen LogP contribution in [0.25, 0.3) is 11.3 Å². The van der Waals surface area contributed by atoms with Crippen molar-refractivity contribution in [3.63, 3.8) is 0 Å². The van der Waals surface area contributed by atoms with Crippen LogP contribution in [0.4, 0.5) is 16.4 Å². The van der Waals surface area contributed by atoms with E-state index in [9.17, 15) is 19.5 Å². The molecule has 4 unspecified atom stereocenters. The first kappa shape index (κ1) is 29.8. The van der Waals surface area contributed by atoms with E-state index in [0.29, 0.717) is 67.4 Å². The van der Waals surface area contributed by atoms with E-state index in [0.717, 1.165) is 12.8 Å². The summed E-state index contributed by atoms with van der Waals surface area (Å²) in [5.41, 5.74) is 1.49. The second kappa shape index (κ2) is 12.2. The second-order valence-corrected chi connectivity index (χ2v) is 12.2. The van der Waals surface area contributed by atoms with Crippen LogP contribution in [-0.2, 0) is 9.53 Å². The maximum Gasteiger partial charge on any atom is 0.319 e. The van der Waals surface area contributed by atoms with Gasteiger partial charge in [0.25, 0.3) is 0 Å². The molecular weight excluding hydrogens is 538 g/mol. The predicted molar refractivity (Wildman–Crippen MR) is 158 cm³/mol. The van der Waals surface area contributed by atoms with Crippen molar-refractivity contribution in [1.29, 1.82) is 0 Å². The fourth-order valence-electron chi connectivity index (χ4n) is 6.32. The molecule has 3 aliphatic heterocycles. The van der Waals surface area contributed by atoms with E-state index in [-0.39, 0.29) is 48.2 Å². The molecule has 3 aliphatic rings. The monoisotopic (exact) mass is 579 g/mol. The van der Waals surface area contributed by atoms with Crippen LogP contribution in [0, 0.1) is 11.8 Å². The van der Waals surface area contributed by atoms with Crippen molar-refractivity contribution in [2.75, 3.05) is 29.9 Å². The first-order valence-corrected chi connectivity index (χ1v) is 15.0. The number of amides is 2. The number of fused-ring (bicyclic) bond motifs is 3. The average molecular weight is 580 g/mol. The number of Topliss-reactive ketones (excluding diaryl/α,β-unsaturated/α-hetero) is 1. The van der Waals surface area contributed by atoms with Gasteiger partial charge < -0.3 is 30.1 Å². The van der Waals surface area contributed by atoms with E-state index in [1.165, 1.54) is 0 Å². The van der Waals surface area contributed by atoms with E-state index in [4.69, 9.17) is 19.4 Å². The van der Waals surface area contributed by atoms with Gasteiger partial charge >= 0.3 is 12.0 Å². The summed E-state index contributed by atoms with van der Waals surface area (Å²) in [5, 5.41) is 14.7. The Morgan fingerprint density at radius 3 is 2.45 bits per heavy atom. The standard InChI is InChI=1S/C31H41N5O6/c1-5-32-30(40)33-21-11-9-19(10-12-21)26-25-27(39)18(2)20(7-6-8-24(37)38)15-31(3,4)42-28(25)35-29(34-26)36-16-22-13-14-23(17-36)41-22/h9-12,18,20,22-23H,5-8,13-17H2,1-4H3,(H,37,38)(H2,32,33,40). The Balaban J connectivity index is 1.56. The Morgan fingerprint density at radius 2 is 1.81 bits per heavy atom. The van der Waals surface area contributed by atoms with E-state index < -0.39 is 11.6 Å². The zero-order valence-electron chi connectivity index (χ0n) is 24.8. The Labute approximate surface area is 246 Å². The number of carbonyl (C=O) groups is 3. The number of carboxylic acid groups (broad SMARTS) is 1. The number of hydrogen-bond donors (Lipinski definition) is 3. The minimum atomic E-state index is -0.842. The summed E-state index contributed by atoms with van der Waals surface area (Å²) in [5.74, 6) is -0.634. The summed E-state index contributed by atoms with van der Waals surface area (Å²) in [6, 6.07) is 6.94. The van der Waals surface area contributed by atoms with Gasteiger partial charge in [-0.25, -0.2) is 9.78 Å². The van der Waals surface area contributed by atoms with E-state index in [1.54, 1.807) is 12.1 Å². The number of carboxylic acids is 1. The van der Waals surface area contributed by atoms with Crippen molar-refractivity contribution in [3.05, 3.63) is 29.8 Å². The van der Waals surface area contributed by atoms with Crippen LogP contribution in [0.2, 0.25) is 0 Å². The number of hydrogen-bond acceptors (Lipinski definition) is 8. The number of morpholine rings is 1. The molecule has 1 aromatic carbocycles. The van der Waals surface area contributed by atoms with Gasteiger partial charge in [0.1, 0.15) is 11.2 Å². The number of urea groups is 1. The minimum absolute atomic E-state index is 0.0607. The molecule has 5 rings (SSSR count). The van der Waals surface area contributed by atoms with Crippen LogP contribution < -0.4 is 20.3 Å². The van der Waals surface area contributed by atoms with Crippen LogP contribution in [0.5, 0.6) is 5.88 Å². The number of anilines is 2. The van der Waals surface area contributed by atoms with Gasteiger partial charge in [-0.05, 0) is 70.9 Å². The molecule has 0 aliphatic carbocycles. The lowest BCUT2D eigenvalue weighted by Gasteiger charge is -2.37. The van der Waals surface area contributed by atoms with Crippen molar-refractivity contribution in [1.82, 2.24) is 15.3 Å². The first-order valence-electron chi connectivity index (χ1n) is 15.0. The number of ether oxygens (including phenoxy) is 2. The molecule has 2 bridgehead atoms. The summed E-state index contributed by atoms with van der Waals surface area (Å²) in [4.78, 5) is 49.4. The third kappa shape index (κ3) is 6.67. The number of benzene rings is 1. The lowest BCUT2D eigenvalue weighted by Crippen LogP contribution is -2.44. The number of rotatable bonds is 8. The normalized spacial score (nSPS) is 24.7. The van der Waals surface area contributed by atoms with Crippen LogP contribution in [0.1, 0.15) is 76.6 Å². The topological polar surface area (TPSA) is 143 Å². The highest BCUT2D eigenvalue weighted by Crippen LogP contribution is 2.42. The van der Waals surface area contributed by atoms with Gasteiger partial charge in [0.15, 0.2) is 5.78 Å². The summed E-state index contributed by atoms with van der Waals surface area (Å²) < 4.78 is 12.6. The van der Waals surface area contributed by atoms with Gasteiger partial charge in [0.05, 0.1) is 17.9 Å². The second-order valence-electron chi connectivity index (χ2n) is 12.2. The van der Waals surface area contributed by atoms with Crippen molar-refractivity contribution in [3.8, 4) is 17.1 Å². The summed E-state index contributed by atoms with van der Waals surface area (Å²) in [6.45, 7) is 9.59. The van der Waals surface area contributed by atoms with Crippen LogP contribution in [-0.4, -0.2) is 70.3 Å². The van der Waals surface area contributed by atoms with E-state index in [2.05, 4.69) is 15.5 Å². The van der Waals surface area contributed by atoms with Crippen molar-refractivity contribution in [2.45, 2.75) is 84.0 Å². The first-order chi connectivity index (χ1) is 20.0. The number of aromatic nitrogens is 2. The molecule has 2 fully saturated rings. The molecule has 3 N–H and O–H groups in total. The molecule has 0 saturated carbocycles. The summed E-state index contributed by atoms with van der Waals surface area (Å²) >= 11 is 0. The van der Waals surface area contributed by atoms with E-state index in [1.807, 2.05) is 39.8 Å². The molecule has 11 nitrogen and oxygen atoms in total. The fraction of sp³-hybridized carbons (Fsp3) is 0.581. The molecule has 11 heteroatoms. The molecular formula is C31H41N5O6.